The van der Waals surface area contributed by atoms with Crippen LogP contribution in [-0.4, -0.2) is 10.7 Å². The average molecular weight is 233 g/mol. The molecule has 1 atom stereocenters. The van der Waals surface area contributed by atoms with E-state index in [2.05, 4.69) is 13.8 Å². The van der Waals surface area contributed by atoms with Crippen LogP contribution in [0.4, 0.5) is 0 Å². The maximum absolute atomic E-state index is 10.1. The predicted octanol–water partition coefficient (Wildman–Crippen LogP) is 3.74. The van der Waals surface area contributed by atoms with Crippen molar-refractivity contribution in [3.8, 4) is 0 Å². The first-order valence-corrected chi connectivity index (χ1v) is 6.05. The highest BCUT2D eigenvalue weighted by molar-refractivity contribution is 7.16. The highest BCUT2D eigenvalue weighted by Crippen LogP contribution is 2.27. The molecular formula is C11H17ClOS. The molecule has 1 rings (SSSR count). The molecule has 0 fully saturated rings. The second-order valence-electron chi connectivity index (χ2n) is 4.48. The second-order valence-corrected chi connectivity index (χ2v) is 6.28. The molecule has 0 aliphatic heterocycles. The van der Waals surface area contributed by atoms with E-state index in [1.54, 1.807) is 11.3 Å². The highest BCUT2D eigenvalue weighted by Gasteiger charge is 2.22. The lowest BCUT2D eigenvalue weighted by atomic mass is 9.91. The van der Waals surface area contributed by atoms with Gasteiger partial charge in [0, 0.05) is 11.3 Å². The average Bonchev–Trinajstić information content (AvgIpc) is 2.30. The number of rotatable bonds is 4. The maximum Gasteiger partial charge on any atom is 0.0931 e. The molecule has 0 spiro atoms. The van der Waals surface area contributed by atoms with Crippen molar-refractivity contribution in [3.63, 3.8) is 0 Å². The quantitative estimate of drug-likeness (QED) is 0.839. The smallest absolute Gasteiger partial charge is 0.0931 e. The molecule has 1 nitrogen and oxygen atoms in total. The Morgan fingerprint density at radius 2 is 2.14 bits per heavy atom. The Hall–Kier alpha value is -0.0500. The molecule has 1 aromatic heterocycles. The summed E-state index contributed by atoms with van der Waals surface area (Å²) in [5.41, 5.74) is -0.609. The summed E-state index contributed by atoms with van der Waals surface area (Å²) in [6.07, 6.45) is 1.52. The van der Waals surface area contributed by atoms with Crippen molar-refractivity contribution in [1.82, 2.24) is 0 Å². The number of hydrogen-bond donors (Lipinski definition) is 1. The van der Waals surface area contributed by atoms with Crippen molar-refractivity contribution >= 4 is 22.9 Å². The fraction of sp³-hybridized carbons (Fsp3) is 0.636. The minimum atomic E-state index is -0.609. The topological polar surface area (TPSA) is 20.2 Å². The largest absolute Gasteiger partial charge is 0.390 e. The van der Waals surface area contributed by atoms with Crippen molar-refractivity contribution in [2.24, 2.45) is 5.92 Å². The molecule has 14 heavy (non-hydrogen) atoms. The van der Waals surface area contributed by atoms with Crippen LogP contribution in [0.3, 0.4) is 0 Å². The number of thiophene rings is 1. The van der Waals surface area contributed by atoms with Crippen LogP contribution in [0.5, 0.6) is 0 Å². The summed E-state index contributed by atoms with van der Waals surface area (Å²) in [5, 5.41) is 10.1. The predicted molar refractivity (Wildman–Crippen MR) is 63.1 cm³/mol. The van der Waals surface area contributed by atoms with Crippen LogP contribution in [0.15, 0.2) is 12.1 Å². The van der Waals surface area contributed by atoms with Gasteiger partial charge in [-0.15, -0.1) is 11.3 Å². The number of hydrogen-bond acceptors (Lipinski definition) is 2. The van der Waals surface area contributed by atoms with Crippen molar-refractivity contribution in [3.05, 3.63) is 21.3 Å². The highest BCUT2D eigenvalue weighted by atomic mass is 35.5. The van der Waals surface area contributed by atoms with E-state index >= 15 is 0 Å². The van der Waals surface area contributed by atoms with Gasteiger partial charge in [-0.25, -0.2) is 0 Å². The zero-order chi connectivity index (χ0) is 10.8. The lowest BCUT2D eigenvalue weighted by Crippen LogP contribution is -2.28. The summed E-state index contributed by atoms with van der Waals surface area (Å²) in [7, 11) is 0. The molecule has 0 amide bonds. The second kappa shape index (κ2) is 4.65. The van der Waals surface area contributed by atoms with Crippen molar-refractivity contribution < 1.29 is 5.11 Å². The SMILES string of the molecule is CC(C)CC(C)(O)Cc1ccc(Cl)s1. The summed E-state index contributed by atoms with van der Waals surface area (Å²) in [5.74, 6) is 0.514. The van der Waals surface area contributed by atoms with Crippen LogP contribution in [-0.2, 0) is 6.42 Å². The summed E-state index contributed by atoms with van der Waals surface area (Å²) in [4.78, 5) is 1.15. The summed E-state index contributed by atoms with van der Waals surface area (Å²) in [6, 6.07) is 3.87. The molecule has 3 heteroatoms. The van der Waals surface area contributed by atoms with Crippen molar-refractivity contribution in [2.45, 2.75) is 39.2 Å². The van der Waals surface area contributed by atoms with Crippen molar-refractivity contribution in [2.75, 3.05) is 0 Å². The van der Waals surface area contributed by atoms with Gasteiger partial charge in [0.2, 0.25) is 0 Å². The Balaban J connectivity index is 2.58. The molecule has 1 unspecified atom stereocenters. The van der Waals surface area contributed by atoms with Gasteiger partial charge in [0.15, 0.2) is 0 Å². The molecule has 0 aromatic carbocycles. The summed E-state index contributed by atoms with van der Waals surface area (Å²) < 4.78 is 0.792. The molecule has 1 heterocycles. The van der Waals surface area contributed by atoms with Crippen LogP contribution in [0.1, 0.15) is 32.1 Å². The third kappa shape index (κ3) is 3.99. The van der Waals surface area contributed by atoms with E-state index in [1.807, 2.05) is 19.1 Å². The Kier molecular flexibility index (Phi) is 3.99. The van der Waals surface area contributed by atoms with Crippen LogP contribution in [0.25, 0.3) is 0 Å². The standard InChI is InChI=1S/C11H17ClOS/c1-8(2)6-11(3,13)7-9-4-5-10(12)14-9/h4-5,8,13H,6-7H2,1-3H3. The Labute approximate surface area is 94.7 Å². The molecule has 80 valence electrons. The van der Waals surface area contributed by atoms with Gasteiger partial charge in [0.05, 0.1) is 9.94 Å². The normalized spacial score (nSPS) is 15.9. The van der Waals surface area contributed by atoms with Gasteiger partial charge in [0.25, 0.3) is 0 Å². The first-order valence-electron chi connectivity index (χ1n) is 4.86. The zero-order valence-corrected chi connectivity index (χ0v) is 10.5. The van der Waals surface area contributed by atoms with Crippen LogP contribution < -0.4 is 0 Å². The minimum Gasteiger partial charge on any atom is -0.390 e. The fourth-order valence-electron chi connectivity index (χ4n) is 1.77. The minimum absolute atomic E-state index is 0.514. The molecule has 0 radical (unpaired) electrons. The summed E-state index contributed by atoms with van der Waals surface area (Å²) >= 11 is 7.38. The Morgan fingerprint density at radius 1 is 1.50 bits per heavy atom. The fourth-order valence-corrected chi connectivity index (χ4v) is 3.04. The van der Waals surface area contributed by atoms with Gasteiger partial charge in [-0.3, -0.25) is 0 Å². The van der Waals surface area contributed by atoms with Gasteiger partial charge in [-0.2, -0.15) is 0 Å². The van der Waals surface area contributed by atoms with E-state index in [0.717, 1.165) is 15.6 Å². The van der Waals surface area contributed by atoms with E-state index < -0.39 is 5.60 Å². The van der Waals surface area contributed by atoms with E-state index in [9.17, 15) is 5.11 Å². The number of halogens is 1. The molecule has 0 saturated carbocycles. The van der Waals surface area contributed by atoms with Gasteiger partial charge in [-0.1, -0.05) is 25.4 Å². The van der Waals surface area contributed by atoms with Crippen LogP contribution in [0.2, 0.25) is 4.34 Å². The Morgan fingerprint density at radius 3 is 2.57 bits per heavy atom. The molecule has 1 aromatic rings. The first-order chi connectivity index (χ1) is 6.39. The van der Waals surface area contributed by atoms with Crippen LogP contribution in [0, 0.1) is 5.92 Å². The van der Waals surface area contributed by atoms with E-state index in [1.165, 1.54) is 0 Å². The van der Waals surface area contributed by atoms with Crippen LogP contribution >= 0.6 is 22.9 Å². The summed E-state index contributed by atoms with van der Waals surface area (Å²) in [6.45, 7) is 6.13. The van der Waals surface area contributed by atoms with Crippen molar-refractivity contribution in [1.29, 1.82) is 0 Å². The lowest BCUT2D eigenvalue weighted by Gasteiger charge is -2.24. The van der Waals surface area contributed by atoms with Gasteiger partial charge < -0.3 is 5.11 Å². The molecular weight excluding hydrogens is 216 g/mol. The lowest BCUT2D eigenvalue weighted by molar-refractivity contribution is 0.0396. The maximum atomic E-state index is 10.1. The monoisotopic (exact) mass is 232 g/mol. The third-order valence-corrected chi connectivity index (χ3v) is 3.26. The van der Waals surface area contributed by atoms with E-state index in [0.29, 0.717) is 12.3 Å². The zero-order valence-electron chi connectivity index (χ0n) is 8.88. The first kappa shape index (κ1) is 12.0. The molecule has 0 aliphatic carbocycles. The molecule has 0 bridgehead atoms. The molecule has 0 saturated heterocycles. The number of aliphatic hydroxyl groups is 1. The Bertz CT molecular complexity index is 291. The van der Waals surface area contributed by atoms with E-state index in [-0.39, 0.29) is 0 Å². The third-order valence-electron chi connectivity index (χ3n) is 2.03. The van der Waals surface area contributed by atoms with Gasteiger partial charge in [-0.05, 0) is 31.4 Å². The molecule has 0 aliphatic rings. The van der Waals surface area contributed by atoms with Gasteiger partial charge in [0.1, 0.15) is 0 Å². The molecule has 1 N–H and O–H groups in total. The van der Waals surface area contributed by atoms with Gasteiger partial charge >= 0.3 is 0 Å². The van der Waals surface area contributed by atoms with E-state index in [4.69, 9.17) is 11.6 Å².